The molecule has 0 heterocycles. The number of benzene rings is 2. The van der Waals surface area contributed by atoms with Crippen LogP contribution in [0.2, 0.25) is 0 Å². The summed E-state index contributed by atoms with van der Waals surface area (Å²) in [6.07, 6.45) is 2.01. The predicted octanol–water partition coefficient (Wildman–Crippen LogP) is 2.70. The van der Waals surface area contributed by atoms with Crippen molar-refractivity contribution in [3.63, 3.8) is 0 Å². The second-order valence-electron chi connectivity index (χ2n) is 6.79. The summed E-state index contributed by atoms with van der Waals surface area (Å²) in [6.45, 7) is 1.31. The maximum atomic E-state index is 12.1. The Kier molecular flexibility index (Phi) is 6.29. The molecule has 2 aromatic rings. The highest BCUT2D eigenvalue weighted by Gasteiger charge is 2.27. The fourth-order valence-electron chi connectivity index (χ4n) is 3.43. The first-order valence-electron chi connectivity index (χ1n) is 9.07. The number of sulfonamides is 1. The maximum absolute atomic E-state index is 12.1. The SMILES string of the molecule is O=S(=O)(CCCNCC1CCc2ccccc2C1O)Nc1ccccc1. The number of hydrogen-bond donors (Lipinski definition) is 3. The summed E-state index contributed by atoms with van der Waals surface area (Å²) in [6, 6.07) is 17.0. The van der Waals surface area contributed by atoms with E-state index in [4.69, 9.17) is 0 Å². The second-order valence-corrected chi connectivity index (χ2v) is 8.63. The smallest absolute Gasteiger partial charge is 0.232 e. The number of fused-ring (bicyclic) bond motifs is 1. The van der Waals surface area contributed by atoms with Crippen molar-refractivity contribution in [3.8, 4) is 0 Å². The molecule has 0 fully saturated rings. The maximum Gasteiger partial charge on any atom is 0.232 e. The van der Waals surface area contributed by atoms with Crippen LogP contribution in [0.15, 0.2) is 54.6 Å². The number of aliphatic hydroxyl groups is 1. The number of para-hydroxylation sites is 1. The fourth-order valence-corrected chi connectivity index (χ4v) is 4.55. The number of hydrogen-bond acceptors (Lipinski definition) is 4. The van der Waals surface area contributed by atoms with Gasteiger partial charge in [0.2, 0.25) is 10.0 Å². The molecule has 3 rings (SSSR count). The highest BCUT2D eigenvalue weighted by Crippen LogP contribution is 2.33. The minimum atomic E-state index is -3.33. The molecule has 0 bridgehead atoms. The van der Waals surface area contributed by atoms with Crippen LogP contribution in [0, 0.1) is 5.92 Å². The Labute approximate surface area is 155 Å². The minimum Gasteiger partial charge on any atom is -0.388 e. The van der Waals surface area contributed by atoms with E-state index < -0.39 is 16.1 Å². The lowest BCUT2D eigenvalue weighted by Crippen LogP contribution is -2.32. The first kappa shape index (κ1) is 18.9. The monoisotopic (exact) mass is 374 g/mol. The van der Waals surface area contributed by atoms with Gasteiger partial charge in [0.05, 0.1) is 11.9 Å². The lowest BCUT2D eigenvalue weighted by molar-refractivity contribution is 0.0931. The molecule has 2 atom stereocenters. The first-order chi connectivity index (χ1) is 12.6. The van der Waals surface area contributed by atoms with E-state index >= 15 is 0 Å². The van der Waals surface area contributed by atoms with E-state index in [2.05, 4.69) is 16.1 Å². The van der Waals surface area contributed by atoms with Crippen molar-refractivity contribution in [1.82, 2.24) is 5.32 Å². The largest absolute Gasteiger partial charge is 0.388 e. The quantitative estimate of drug-likeness (QED) is 0.621. The van der Waals surface area contributed by atoms with Crippen LogP contribution in [-0.2, 0) is 16.4 Å². The molecule has 1 aliphatic rings. The van der Waals surface area contributed by atoms with E-state index in [1.54, 1.807) is 24.3 Å². The zero-order chi connectivity index (χ0) is 18.4. The predicted molar refractivity (Wildman–Crippen MR) is 105 cm³/mol. The molecule has 6 heteroatoms. The van der Waals surface area contributed by atoms with Gasteiger partial charge < -0.3 is 10.4 Å². The Bertz CT molecular complexity index is 809. The average molecular weight is 375 g/mol. The van der Waals surface area contributed by atoms with Crippen LogP contribution in [-0.4, -0.2) is 32.4 Å². The molecule has 140 valence electrons. The van der Waals surface area contributed by atoms with Gasteiger partial charge in [0.1, 0.15) is 0 Å². The van der Waals surface area contributed by atoms with Crippen LogP contribution < -0.4 is 10.0 Å². The van der Waals surface area contributed by atoms with Crippen molar-refractivity contribution >= 4 is 15.7 Å². The molecule has 0 aliphatic heterocycles. The van der Waals surface area contributed by atoms with Crippen molar-refractivity contribution in [2.75, 3.05) is 23.6 Å². The number of aryl methyl sites for hydroxylation is 1. The van der Waals surface area contributed by atoms with Gasteiger partial charge in [-0.3, -0.25) is 4.72 Å². The van der Waals surface area contributed by atoms with Crippen LogP contribution >= 0.6 is 0 Å². The van der Waals surface area contributed by atoms with E-state index in [1.807, 2.05) is 24.3 Å². The van der Waals surface area contributed by atoms with E-state index in [9.17, 15) is 13.5 Å². The summed E-state index contributed by atoms with van der Waals surface area (Å²) in [5.74, 6) is 0.245. The third kappa shape index (κ3) is 5.06. The van der Waals surface area contributed by atoms with Gasteiger partial charge in [-0.25, -0.2) is 8.42 Å². The van der Waals surface area contributed by atoms with Crippen molar-refractivity contribution in [1.29, 1.82) is 0 Å². The Morgan fingerprint density at radius 3 is 2.58 bits per heavy atom. The molecule has 3 N–H and O–H groups in total. The van der Waals surface area contributed by atoms with Gasteiger partial charge >= 0.3 is 0 Å². The Balaban J connectivity index is 1.39. The molecule has 0 saturated carbocycles. The van der Waals surface area contributed by atoms with E-state index in [1.165, 1.54) is 5.56 Å². The van der Waals surface area contributed by atoms with Crippen LogP contribution in [0.1, 0.15) is 30.1 Å². The Morgan fingerprint density at radius 2 is 1.77 bits per heavy atom. The van der Waals surface area contributed by atoms with Gasteiger partial charge in [0.25, 0.3) is 0 Å². The van der Waals surface area contributed by atoms with Crippen molar-refractivity contribution in [2.24, 2.45) is 5.92 Å². The van der Waals surface area contributed by atoms with Gasteiger partial charge in [0, 0.05) is 18.2 Å². The molecule has 2 unspecified atom stereocenters. The molecule has 5 nitrogen and oxygen atoms in total. The summed E-state index contributed by atoms with van der Waals surface area (Å²) < 4.78 is 26.7. The lowest BCUT2D eigenvalue weighted by Gasteiger charge is -2.30. The summed E-state index contributed by atoms with van der Waals surface area (Å²) in [5.41, 5.74) is 2.85. The third-order valence-corrected chi connectivity index (χ3v) is 6.20. The minimum absolute atomic E-state index is 0.0744. The average Bonchev–Trinajstić information content (AvgIpc) is 2.64. The zero-order valence-corrected chi connectivity index (χ0v) is 15.6. The van der Waals surface area contributed by atoms with Gasteiger partial charge in [-0.1, -0.05) is 42.5 Å². The first-order valence-corrected chi connectivity index (χ1v) is 10.7. The highest BCUT2D eigenvalue weighted by atomic mass is 32.2. The van der Waals surface area contributed by atoms with Crippen molar-refractivity contribution in [3.05, 3.63) is 65.7 Å². The van der Waals surface area contributed by atoms with Gasteiger partial charge in [-0.05, 0) is 49.1 Å². The molecule has 0 radical (unpaired) electrons. The summed E-state index contributed by atoms with van der Waals surface area (Å²) in [7, 11) is -3.33. The molecule has 0 saturated heterocycles. The molecule has 1 aliphatic carbocycles. The number of anilines is 1. The second kappa shape index (κ2) is 8.66. The lowest BCUT2D eigenvalue weighted by atomic mass is 9.81. The third-order valence-electron chi connectivity index (χ3n) is 4.83. The molecule has 0 spiro atoms. The van der Waals surface area contributed by atoms with E-state index in [0.29, 0.717) is 25.2 Å². The van der Waals surface area contributed by atoms with Crippen molar-refractivity contribution in [2.45, 2.75) is 25.4 Å². The molecule has 2 aromatic carbocycles. The molecule has 26 heavy (non-hydrogen) atoms. The molecule has 0 aromatic heterocycles. The summed E-state index contributed by atoms with van der Waals surface area (Å²) in [5, 5.41) is 13.8. The van der Waals surface area contributed by atoms with Crippen LogP contribution in [0.4, 0.5) is 5.69 Å². The number of aliphatic hydroxyl groups excluding tert-OH is 1. The Morgan fingerprint density at radius 1 is 1.04 bits per heavy atom. The summed E-state index contributed by atoms with van der Waals surface area (Å²) >= 11 is 0. The Hall–Kier alpha value is -1.89. The van der Waals surface area contributed by atoms with Gasteiger partial charge in [-0.15, -0.1) is 0 Å². The van der Waals surface area contributed by atoms with Crippen LogP contribution in [0.25, 0.3) is 0 Å². The van der Waals surface area contributed by atoms with E-state index in [-0.39, 0.29) is 11.7 Å². The normalized spacial score (nSPS) is 19.7. The summed E-state index contributed by atoms with van der Waals surface area (Å²) in [4.78, 5) is 0. The van der Waals surface area contributed by atoms with E-state index in [0.717, 1.165) is 18.4 Å². The zero-order valence-electron chi connectivity index (χ0n) is 14.8. The number of nitrogens with one attached hydrogen (secondary N) is 2. The van der Waals surface area contributed by atoms with Crippen LogP contribution in [0.3, 0.4) is 0 Å². The highest BCUT2D eigenvalue weighted by molar-refractivity contribution is 7.92. The van der Waals surface area contributed by atoms with Gasteiger partial charge in [0.15, 0.2) is 0 Å². The topological polar surface area (TPSA) is 78.4 Å². The molecular weight excluding hydrogens is 348 g/mol. The van der Waals surface area contributed by atoms with Gasteiger partial charge in [-0.2, -0.15) is 0 Å². The van der Waals surface area contributed by atoms with Crippen molar-refractivity contribution < 1.29 is 13.5 Å². The molecule has 0 amide bonds. The fraction of sp³-hybridized carbons (Fsp3) is 0.400. The number of rotatable bonds is 8. The molecular formula is C20H26N2O3S. The standard InChI is InChI=1S/C20H26N2O3S/c23-20-17(12-11-16-7-4-5-10-19(16)20)15-21-13-6-14-26(24,25)22-18-8-2-1-3-9-18/h1-5,7-10,17,20-23H,6,11-15H2. The van der Waals surface area contributed by atoms with Crippen LogP contribution in [0.5, 0.6) is 0 Å².